The van der Waals surface area contributed by atoms with Crippen LogP contribution < -0.4 is 21.3 Å². The first kappa shape index (κ1) is 30.9. The number of ether oxygens (including phenoxy) is 1. The maximum Gasteiger partial charge on any atom is 0.322 e. The minimum atomic E-state index is -0.849. The summed E-state index contributed by atoms with van der Waals surface area (Å²) in [5.74, 6) is -0.841. The van der Waals surface area contributed by atoms with Crippen molar-refractivity contribution in [2.45, 2.75) is 51.4 Å². The molecule has 1 heterocycles. The molecular weight excluding hydrogens is 538 g/mol. The van der Waals surface area contributed by atoms with Gasteiger partial charge in [0, 0.05) is 35.9 Å². The summed E-state index contributed by atoms with van der Waals surface area (Å²) in [6.07, 6.45) is -0.149. The number of methoxy groups -OCH3 is 1. The number of hydrogen-bond acceptors (Lipinski definition) is 7. The number of nitrogens with zero attached hydrogens (tertiary/aromatic N) is 1. The summed E-state index contributed by atoms with van der Waals surface area (Å²) in [6.45, 7) is 4.22. The van der Waals surface area contributed by atoms with Crippen LogP contribution in [0.15, 0.2) is 48.5 Å². The van der Waals surface area contributed by atoms with Gasteiger partial charge in [-0.1, -0.05) is 37.6 Å². The molecule has 1 fully saturated rings. The molecule has 12 heteroatoms. The Morgan fingerprint density at radius 3 is 2.27 bits per heavy atom. The Balaban J connectivity index is 1.49. The summed E-state index contributed by atoms with van der Waals surface area (Å²) in [6, 6.07) is 11.6. The van der Waals surface area contributed by atoms with Crippen molar-refractivity contribution in [1.82, 2.24) is 15.5 Å². The van der Waals surface area contributed by atoms with Crippen LogP contribution in [-0.2, 0) is 25.7 Å². The van der Waals surface area contributed by atoms with E-state index in [0.717, 1.165) is 5.56 Å². The molecule has 3 rings (SSSR count). The van der Waals surface area contributed by atoms with Crippen molar-refractivity contribution in [2.24, 2.45) is 5.92 Å². The zero-order chi connectivity index (χ0) is 29.2. The quantitative estimate of drug-likeness (QED) is 0.259. The Morgan fingerprint density at radius 1 is 1.02 bits per heavy atom. The molecule has 0 spiro atoms. The molecule has 0 aromatic heterocycles. The van der Waals surface area contributed by atoms with Gasteiger partial charge in [0.05, 0.1) is 19.8 Å². The van der Waals surface area contributed by atoms with E-state index in [4.69, 9.17) is 16.3 Å². The van der Waals surface area contributed by atoms with Crippen molar-refractivity contribution >= 4 is 46.8 Å². The van der Waals surface area contributed by atoms with Crippen molar-refractivity contribution in [2.75, 3.05) is 30.8 Å². The van der Waals surface area contributed by atoms with Crippen LogP contribution in [0.2, 0.25) is 5.02 Å². The lowest BCUT2D eigenvalue weighted by molar-refractivity contribution is -0.143. The summed E-state index contributed by atoms with van der Waals surface area (Å²) in [5.41, 5.74) is 1.83. The number of halogens is 1. The van der Waals surface area contributed by atoms with Crippen molar-refractivity contribution in [3.05, 3.63) is 59.1 Å². The van der Waals surface area contributed by atoms with Crippen LogP contribution in [0.25, 0.3) is 0 Å². The van der Waals surface area contributed by atoms with Crippen molar-refractivity contribution < 1.29 is 29.0 Å². The van der Waals surface area contributed by atoms with E-state index >= 15 is 0 Å². The maximum absolute atomic E-state index is 13.0. The molecule has 40 heavy (non-hydrogen) atoms. The highest BCUT2D eigenvalue weighted by Crippen LogP contribution is 2.22. The van der Waals surface area contributed by atoms with Crippen molar-refractivity contribution in [3.63, 3.8) is 0 Å². The number of urea groups is 1. The standard InChI is InChI=1S/C28H36ClN5O6/c1-17(2)12-23(27(38)40-3)30-15-25(36)31-14-18-4-8-20(9-5-18)32-26(37)24-13-22(35)16-34(24)28(39)33-21-10-6-19(29)7-11-21/h4-11,17,22-24,30,35H,12-16H2,1-3H3,(H,31,36)(H,32,37)(H,33,39)/t22-,23-,24?/m1/s1. The Bertz CT molecular complexity index is 1170. The van der Waals surface area contributed by atoms with E-state index in [0.29, 0.717) is 22.8 Å². The summed E-state index contributed by atoms with van der Waals surface area (Å²) in [7, 11) is 1.32. The number of hydrogen-bond donors (Lipinski definition) is 5. The Labute approximate surface area is 238 Å². The average molecular weight is 574 g/mol. The first-order valence-corrected chi connectivity index (χ1v) is 13.4. The summed E-state index contributed by atoms with van der Waals surface area (Å²) < 4.78 is 4.79. The number of carbonyl (C=O) groups excluding carboxylic acids is 4. The van der Waals surface area contributed by atoms with E-state index in [-0.39, 0.29) is 37.9 Å². The van der Waals surface area contributed by atoms with Gasteiger partial charge in [0.15, 0.2) is 0 Å². The van der Waals surface area contributed by atoms with Crippen molar-refractivity contribution in [3.8, 4) is 0 Å². The average Bonchev–Trinajstić information content (AvgIpc) is 3.33. The zero-order valence-corrected chi connectivity index (χ0v) is 23.5. The number of β-amino-alcohol motifs (C(OH)–C–C–N with tert-alkyl or cyclic N) is 1. The predicted molar refractivity (Wildman–Crippen MR) is 152 cm³/mol. The van der Waals surface area contributed by atoms with Crippen LogP contribution in [-0.4, -0.2) is 72.2 Å². The SMILES string of the molecule is COC(=O)[C@@H](CC(C)C)NCC(=O)NCc1ccc(NC(=O)C2C[C@@H](O)CN2C(=O)Nc2ccc(Cl)cc2)cc1. The molecule has 2 aromatic carbocycles. The molecule has 1 aliphatic rings. The fourth-order valence-electron chi connectivity index (χ4n) is 4.30. The predicted octanol–water partition coefficient (Wildman–Crippen LogP) is 2.74. The fraction of sp³-hybridized carbons (Fsp3) is 0.429. The van der Waals surface area contributed by atoms with Gasteiger partial charge in [0.2, 0.25) is 11.8 Å². The lowest BCUT2D eigenvalue weighted by atomic mass is 10.0. The van der Waals surface area contributed by atoms with Crippen LogP contribution in [0.3, 0.4) is 0 Å². The minimum Gasteiger partial charge on any atom is -0.468 e. The van der Waals surface area contributed by atoms with Gasteiger partial charge < -0.3 is 30.7 Å². The maximum atomic E-state index is 13.0. The Morgan fingerprint density at radius 2 is 1.65 bits per heavy atom. The van der Waals surface area contributed by atoms with Crippen molar-refractivity contribution in [1.29, 1.82) is 0 Å². The molecule has 3 atom stereocenters. The topological polar surface area (TPSA) is 149 Å². The number of benzene rings is 2. The number of anilines is 2. The van der Waals surface area contributed by atoms with Crippen LogP contribution in [0.1, 0.15) is 32.3 Å². The van der Waals surface area contributed by atoms with Crippen LogP contribution in [0, 0.1) is 5.92 Å². The van der Waals surface area contributed by atoms with Gasteiger partial charge in [-0.05, 0) is 54.3 Å². The zero-order valence-electron chi connectivity index (χ0n) is 22.8. The molecule has 0 saturated carbocycles. The second-order valence-electron chi connectivity index (χ2n) is 10.0. The van der Waals surface area contributed by atoms with Gasteiger partial charge in [0.25, 0.3) is 0 Å². The van der Waals surface area contributed by atoms with Gasteiger partial charge in [-0.15, -0.1) is 0 Å². The van der Waals surface area contributed by atoms with Crippen LogP contribution in [0.5, 0.6) is 0 Å². The molecule has 1 aliphatic heterocycles. The molecule has 4 amide bonds. The number of aliphatic hydroxyl groups excluding tert-OH is 1. The monoisotopic (exact) mass is 573 g/mol. The van der Waals surface area contributed by atoms with Crippen LogP contribution in [0.4, 0.5) is 16.2 Å². The summed E-state index contributed by atoms with van der Waals surface area (Å²) in [4.78, 5) is 51.2. The molecule has 2 aromatic rings. The van der Waals surface area contributed by atoms with E-state index in [2.05, 4.69) is 21.3 Å². The summed E-state index contributed by atoms with van der Waals surface area (Å²) >= 11 is 5.88. The number of aliphatic hydroxyl groups is 1. The highest BCUT2D eigenvalue weighted by Gasteiger charge is 2.39. The van der Waals surface area contributed by atoms with Gasteiger partial charge in [-0.3, -0.25) is 19.7 Å². The van der Waals surface area contributed by atoms with Gasteiger partial charge >= 0.3 is 12.0 Å². The number of carbonyl (C=O) groups is 4. The summed E-state index contributed by atoms with van der Waals surface area (Å²) in [5, 5.41) is 21.9. The van der Waals surface area contributed by atoms with E-state index in [9.17, 15) is 24.3 Å². The normalized spacial score (nSPS) is 17.3. The second kappa shape index (κ2) is 14.6. The van der Waals surface area contributed by atoms with Crippen LogP contribution >= 0.6 is 11.6 Å². The van der Waals surface area contributed by atoms with Gasteiger partial charge in [-0.25, -0.2) is 4.79 Å². The molecule has 5 N–H and O–H groups in total. The smallest absolute Gasteiger partial charge is 0.322 e. The molecule has 1 saturated heterocycles. The molecule has 11 nitrogen and oxygen atoms in total. The molecule has 216 valence electrons. The lowest BCUT2D eigenvalue weighted by Crippen LogP contribution is -2.45. The van der Waals surface area contributed by atoms with E-state index in [1.807, 2.05) is 13.8 Å². The fourth-order valence-corrected chi connectivity index (χ4v) is 4.43. The van der Waals surface area contributed by atoms with Gasteiger partial charge in [-0.2, -0.15) is 0 Å². The number of esters is 1. The van der Waals surface area contributed by atoms with E-state index in [1.165, 1.54) is 12.0 Å². The van der Waals surface area contributed by atoms with E-state index < -0.39 is 36.1 Å². The molecule has 0 bridgehead atoms. The number of nitrogens with one attached hydrogen (secondary N) is 4. The first-order chi connectivity index (χ1) is 19.0. The third-order valence-electron chi connectivity index (χ3n) is 6.35. The third-order valence-corrected chi connectivity index (χ3v) is 6.60. The highest BCUT2D eigenvalue weighted by atomic mass is 35.5. The number of likely N-dealkylation sites (tertiary alicyclic amines) is 1. The molecular formula is C28H36ClN5O6. The molecule has 1 unspecified atom stereocenters. The second-order valence-corrected chi connectivity index (χ2v) is 10.5. The van der Waals surface area contributed by atoms with E-state index in [1.54, 1.807) is 48.5 Å². The minimum absolute atomic E-state index is 0.0306. The Hall–Kier alpha value is -3.67. The number of amides is 4. The number of rotatable bonds is 11. The highest BCUT2D eigenvalue weighted by molar-refractivity contribution is 6.30. The third kappa shape index (κ3) is 9.22. The lowest BCUT2D eigenvalue weighted by Gasteiger charge is -2.24. The largest absolute Gasteiger partial charge is 0.468 e. The first-order valence-electron chi connectivity index (χ1n) is 13.0. The molecule has 0 aliphatic carbocycles. The molecule has 0 radical (unpaired) electrons. The van der Waals surface area contributed by atoms with Gasteiger partial charge in [0.1, 0.15) is 12.1 Å². The Kier molecular flexibility index (Phi) is 11.3.